The van der Waals surface area contributed by atoms with Gasteiger partial charge in [0.15, 0.2) is 6.29 Å². The molecule has 54 heavy (non-hydrogen) atoms. The zero-order valence-corrected chi connectivity index (χ0v) is 31.8. The fourth-order valence-electron chi connectivity index (χ4n) is 7.39. The van der Waals surface area contributed by atoms with Gasteiger partial charge in [0, 0.05) is 77.2 Å². The summed E-state index contributed by atoms with van der Waals surface area (Å²) in [5, 5.41) is 15.5. The molecular weight excluding hydrogens is 677 g/mol. The van der Waals surface area contributed by atoms with Crippen molar-refractivity contribution < 1.29 is 24.2 Å². The van der Waals surface area contributed by atoms with Crippen molar-refractivity contribution in [1.29, 1.82) is 0 Å². The van der Waals surface area contributed by atoms with E-state index < -0.39 is 6.29 Å². The van der Waals surface area contributed by atoms with Crippen LogP contribution < -0.4 is 10.6 Å². The molecule has 9 nitrogen and oxygen atoms in total. The Balaban J connectivity index is 1.07. The maximum Gasteiger partial charge on any atom is 0.220 e. The van der Waals surface area contributed by atoms with Gasteiger partial charge in [-0.2, -0.15) is 0 Å². The maximum atomic E-state index is 12.5. The predicted octanol–water partition coefficient (Wildman–Crippen LogP) is 6.77. The Morgan fingerprint density at radius 3 is 2.15 bits per heavy atom. The molecule has 0 spiro atoms. The van der Waals surface area contributed by atoms with Gasteiger partial charge in [0.05, 0.1) is 18.8 Å². The summed E-state index contributed by atoms with van der Waals surface area (Å²) >= 11 is 0. The van der Waals surface area contributed by atoms with Crippen LogP contribution in [0.3, 0.4) is 0 Å². The number of nitrogens with zero attached hydrogens (tertiary/aromatic N) is 2. The average Bonchev–Trinajstić information content (AvgIpc) is 3.20. The Morgan fingerprint density at radius 1 is 0.722 bits per heavy atom. The van der Waals surface area contributed by atoms with E-state index in [2.05, 4.69) is 106 Å². The lowest BCUT2D eigenvalue weighted by molar-refractivity contribution is -0.276. The van der Waals surface area contributed by atoms with E-state index in [0.717, 1.165) is 91.9 Å². The average molecular weight is 733 g/mol. The highest BCUT2D eigenvalue weighted by Gasteiger charge is 2.39. The van der Waals surface area contributed by atoms with E-state index >= 15 is 0 Å². The molecule has 3 N–H and O–H groups in total. The minimum atomic E-state index is -0.519. The molecule has 0 aromatic heterocycles. The smallest absolute Gasteiger partial charge is 0.220 e. The largest absolute Gasteiger partial charge is 0.392 e. The molecule has 0 saturated carbocycles. The molecule has 0 bridgehead atoms. The van der Waals surface area contributed by atoms with Crippen LogP contribution in [0.25, 0.3) is 11.1 Å². The van der Waals surface area contributed by atoms with Crippen LogP contribution in [0.5, 0.6) is 0 Å². The summed E-state index contributed by atoms with van der Waals surface area (Å²) in [4.78, 5) is 28.5. The lowest BCUT2D eigenvalue weighted by Gasteiger charge is -2.44. The van der Waals surface area contributed by atoms with E-state index in [1.165, 1.54) is 12.5 Å². The third-order valence-electron chi connectivity index (χ3n) is 10.7. The van der Waals surface area contributed by atoms with Gasteiger partial charge < -0.3 is 25.2 Å². The van der Waals surface area contributed by atoms with Gasteiger partial charge in [0.2, 0.25) is 11.8 Å². The Labute approximate surface area is 320 Å². The number of benzene rings is 4. The first-order valence-electron chi connectivity index (χ1n) is 19.5. The van der Waals surface area contributed by atoms with Crippen molar-refractivity contribution in [2.45, 2.75) is 77.7 Å². The van der Waals surface area contributed by atoms with E-state index in [9.17, 15) is 14.7 Å². The molecule has 4 aromatic carbocycles. The molecule has 0 aliphatic carbocycles. The molecule has 2 fully saturated rings. The van der Waals surface area contributed by atoms with Crippen molar-refractivity contribution in [3.63, 3.8) is 0 Å². The summed E-state index contributed by atoms with van der Waals surface area (Å²) in [5.41, 5.74) is 7.50. The van der Waals surface area contributed by atoms with Crippen molar-refractivity contribution in [3.05, 3.63) is 131 Å². The van der Waals surface area contributed by atoms with Gasteiger partial charge in [-0.05, 0) is 52.3 Å². The second-order valence-corrected chi connectivity index (χ2v) is 14.8. The Bertz CT molecular complexity index is 1760. The molecule has 0 unspecified atom stereocenters. The Morgan fingerprint density at radius 2 is 1.43 bits per heavy atom. The quantitative estimate of drug-likeness (QED) is 0.109. The van der Waals surface area contributed by atoms with E-state index in [1.54, 1.807) is 0 Å². The molecule has 2 amide bonds. The first-order valence-corrected chi connectivity index (χ1v) is 19.5. The predicted molar refractivity (Wildman–Crippen MR) is 212 cm³/mol. The van der Waals surface area contributed by atoms with Gasteiger partial charge in [0.25, 0.3) is 0 Å². The van der Waals surface area contributed by atoms with Gasteiger partial charge >= 0.3 is 0 Å². The van der Waals surface area contributed by atoms with Crippen LogP contribution in [0.4, 0.5) is 0 Å². The van der Waals surface area contributed by atoms with E-state index in [0.29, 0.717) is 19.5 Å². The summed E-state index contributed by atoms with van der Waals surface area (Å²) in [5.74, 6) is 0.145. The Kier molecular flexibility index (Phi) is 14.4. The molecule has 286 valence electrons. The number of piperazine rings is 1. The molecule has 6 rings (SSSR count). The topological polar surface area (TPSA) is 103 Å². The second kappa shape index (κ2) is 19.8. The highest BCUT2D eigenvalue weighted by molar-refractivity contribution is 5.76. The van der Waals surface area contributed by atoms with Crippen molar-refractivity contribution in [3.8, 4) is 11.1 Å². The van der Waals surface area contributed by atoms with Crippen molar-refractivity contribution in [2.24, 2.45) is 5.92 Å². The number of rotatable bonds is 16. The molecule has 0 radical (unpaired) electrons. The molecule has 2 saturated heterocycles. The second-order valence-electron chi connectivity index (χ2n) is 14.8. The van der Waals surface area contributed by atoms with Crippen LogP contribution >= 0.6 is 0 Å². The molecule has 2 heterocycles. The molecule has 9 heteroatoms. The summed E-state index contributed by atoms with van der Waals surface area (Å²) in [7, 11) is 0. The number of ether oxygens (including phenoxy) is 2. The summed E-state index contributed by atoms with van der Waals surface area (Å²) in [6.45, 7) is 10.8. The number of nitrogens with one attached hydrogen (secondary N) is 2. The monoisotopic (exact) mass is 732 g/mol. The minimum absolute atomic E-state index is 0.0128. The van der Waals surface area contributed by atoms with Crippen LogP contribution in [-0.2, 0) is 38.8 Å². The number of carbonyl (C=O) groups excluding carboxylic acids is 2. The third-order valence-corrected chi connectivity index (χ3v) is 10.7. The summed E-state index contributed by atoms with van der Waals surface area (Å²) < 4.78 is 13.6. The number of hydrogen-bond donors (Lipinski definition) is 3. The maximum absolute atomic E-state index is 12.5. The first kappa shape index (κ1) is 39.3. The number of aliphatic hydroxyl groups excluding tert-OH is 1. The minimum Gasteiger partial charge on any atom is -0.392 e. The summed E-state index contributed by atoms with van der Waals surface area (Å²) in [6.07, 6.45) is 2.36. The lowest BCUT2D eigenvalue weighted by Crippen LogP contribution is -2.51. The van der Waals surface area contributed by atoms with Gasteiger partial charge in [0.1, 0.15) is 0 Å². The molecular formula is C45H56N4O5. The number of aliphatic hydroxyl groups is 1. The SMILES string of the molecule is CC(=O)NCCCCCC(=O)NCc1cccc(-c2ccc([C@H]3O[C@@H](CN4CCN(Cc5ccccc5)CC4)[C@@H](C)[C@@H](c4ccc(CO)cc4)O3)cc2)c1. The standard InChI is InChI=1S/C45H56N4O5/c1-33-42(31-49-26-24-48(25-27-49)30-35-10-5-3-6-11-35)53-45(54-44(33)39-17-15-36(32-50)16-18-39)40-21-19-38(20-22-40)41-13-9-12-37(28-41)29-47-43(52)14-7-4-8-23-46-34(2)51/h3,5-6,9-13,15-22,28,33,42,44-45,50H,4,7-8,14,23-27,29-32H2,1-2H3,(H,46,51)(H,47,52)/t33-,42+,44+,45+/m1/s1. The van der Waals surface area contributed by atoms with Crippen LogP contribution in [-0.4, -0.2) is 72.1 Å². The van der Waals surface area contributed by atoms with E-state index in [1.807, 2.05) is 24.3 Å². The van der Waals surface area contributed by atoms with Crippen molar-refractivity contribution in [2.75, 3.05) is 39.3 Å². The zero-order chi connectivity index (χ0) is 37.7. The van der Waals surface area contributed by atoms with Gasteiger partial charge in [-0.25, -0.2) is 0 Å². The fourth-order valence-corrected chi connectivity index (χ4v) is 7.39. The van der Waals surface area contributed by atoms with Crippen molar-refractivity contribution in [1.82, 2.24) is 20.4 Å². The Hall–Kier alpha value is -4.38. The third kappa shape index (κ3) is 11.3. The number of amides is 2. The lowest BCUT2D eigenvalue weighted by atomic mass is 9.89. The van der Waals surface area contributed by atoms with Gasteiger partial charge in [-0.15, -0.1) is 0 Å². The highest BCUT2D eigenvalue weighted by atomic mass is 16.7. The number of hydrogen-bond acceptors (Lipinski definition) is 7. The van der Waals surface area contributed by atoms with Crippen LogP contribution in [0.2, 0.25) is 0 Å². The number of unbranched alkanes of at least 4 members (excludes halogenated alkanes) is 2. The van der Waals surface area contributed by atoms with Gasteiger partial charge in [-0.3, -0.25) is 19.4 Å². The zero-order valence-electron chi connectivity index (χ0n) is 31.8. The molecule has 4 atom stereocenters. The highest BCUT2D eigenvalue weighted by Crippen LogP contribution is 2.42. The van der Waals surface area contributed by atoms with Crippen LogP contribution in [0, 0.1) is 5.92 Å². The summed E-state index contributed by atoms with van der Waals surface area (Å²) in [6, 6.07) is 35.5. The molecule has 2 aliphatic rings. The van der Waals surface area contributed by atoms with Crippen LogP contribution in [0.1, 0.15) is 79.7 Å². The van der Waals surface area contributed by atoms with Crippen LogP contribution in [0.15, 0.2) is 103 Å². The fraction of sp³-hybridized carbons (Fsp3) is 0.422. The van der Waals surface area contributed by atoms with Gasteiger partial charge in [-0.1, -0.05) is 110 Å². The van der Waals surface area contributed by atoms with E-state index in [4.69, 9.17) is 9.47 Å². The molecule has 4 aromatic rings. The number of carbonyl (C=O) groups is 2. The normalized spacial score (nSPS) is 20.7. The first-order chi connectivity index (χ1) is 26.3. The molecule has 2 aliphatic heterocycles. The van der Waals surface area contributed by atoms with Crippen molar-refractivity contribution >= 4 is 11.8 Å². The van der Waals surface area contributed by atoms with E-state index in [-0.39, 0.29) is 36.5 Å².